The van der Waals surface area contributed by atoms with Crippen molar-refractivity contribution in [3.05, 3.63) is 54.0 Å². The number of nitrogens with zero attached hydrogens (tertiary/aromatic N) is 3. The molecule has 12 heteroatoms. The van der Waals surface area contributed by atoms with Gasteiger partial charge in [0.15, 0.2) is 17.3 Å². The van der Waals surface area contributed by atoms with E-state index in [-0.39, 0.29) is 23.8 Å². The maximum Gasteiger partial charge on any atom is 0.435 e. The van der Waals surface area contributed by atoms with Gasteiger partial charge in [-0.25, -0.2) is 14.5 Å². The topological polar surface area (TPSA) is 111 Å². The number of hydrogen-bond donors (Lipinski definition) is 2. The molecular weight excluding hydrogens is 455 g/mol. The van der Waals surface area contributed by atoms with Crippen LogP contribution in [-0.4, -0.2) is 38.4 Å². The number of pyridine rings is 1. The first-order valence-electron chi connectivity index (χ1n) is 10.3. The van der Waals surface area contributed by atoms with Crippen LogP contribution in [0.5, 0.6) is 0 Å². The second-order valence-corrected chi connectivity index (χ2v) is 8.37. The average molecular weight is 479 g/mol. The molecule has 0 saturated heterocycles. The molecule has 0 aliphatic rings. The molecule has 0 unspecified atom stereocenters. The summed E-state index contributed by atoms with van der Waals surface area (Å²) in [5.74, 6) is -0.202. The van der Waals surface area contributed by atoms with Gasteiger partial charge in [0.25, 0.3) is 0 Å². The Balaban J connectivity index is 1.74. The predicted octanol–water partition coefficient (Wildman–Crippen LogP) is 4.08. The number of aromatic nitrogens is 3. The Morgan fingerprint density at radius 3 is 2.53 bits per heavy atom. The van der Waals surface area contributed by atoms with Crippen LogP contribution >= 0.6 is 0 Å². The van der Waals surface area contributed by atoms with Gasteiger partial charge in [0.05, 0.1) is 18.5 Å². The van der Waals surface area contributed by atoms with E-state index in [0.717, 1.165) is 10.7 Å². The van der Waals surface area contributed by atoms with E-state index in [1.807, 2.05) is 0 Å². The van der Waals surface area contributed by atoms with Gasteiger partial charge in [-0.15, -0.1) is 0 Å². The minimum atomic E-state index is -4.66. The lowest BCUT2D eigenvalue weighted by Crippen LogP contribution is -2.46. The monoisotopic (exact) mass is 479 g/mol. The summed E-state index contributed by atoms with van der Waals surface area (Å²) < 4.78 is 51.2. The highest BCUT2D eigenvalue weighted by atomic mass is 19.4. The summed E-state index contributed by atoms with van der Waals surface area (Å²) in [5.41, 5.74) is -1.37. The average Bonchev–Trinajstić information content (AvgIpc) is 3.40. The van der Waals surface area contributed by atoms with Crippen molar-refractivity contribution in [3.63, 3.8) is 0 Å². The molecule has 0 saturated carbocycles. The van der Waals surface area contributed by atoms with Crippen molar-refractivity contribution in [2.24, 2.45) is 0 Å². The molecule has 2 amide bonds. The molecule has 9 nitrogen and oxygen atoms in total. The number of carbonyl (C=O) groups is 2. The molecule has 3 aromatic heterocycles. The molecule has 2 N–H and O–H groups in total. The van der Waals surface area contributed by atoms with Crippen LogP contribution in [0.4, 0.5) is 18.0 Å². The van der Waals surface area contributed by atoms with Crippen LogP contribution in [0.3, 0.4) is 0 Å². The van der Waals surface area contributed by atoms with E-state index in [2.05, 4.69) is 20.7 Å². The Morgan fingerprint density at radius 2 is 1.91 bits per heavy atom. The summed E-state index contributed by atoms with van der Waals surface area (Å²) in [7, 11) is 0. The van der Waals surface area contributed by atoms with Crippen molar-refractivity contribution in [2.75, 3.05) is 0 Å². The summed E-state index contributed by atoms with van der Waals surface area (Å²) in [6, 6.07) is 7.70. The number of rotatable bonds is 6. The van der Waals surface area contributed by atoms with Crippen LogP contribution in [0.25, 0.3) is 17.3 Å². The fourth-order valence-electron chi connectivity index (χ4n) is 2.86. The highest BCUT2D eigenvalue weighted by molar-refractivity contribution is 5.85. The molecule has 0 aliphatic carbocycles. The predicted molar refractivity (Wildman–Crippen MR) is 115 cm³/mol. The summed E-state index contributed by atoms with van der Waals surface area (Å²) in [6.07, 6.45) is -4.05. The lowest BCUT2D eigenvalue weighted by atomic mass is 10.2. The molecule has 3 heterocycles. The Kier molecular flexibility index (Phi) is 6.99. The van der Waals surface area contributed by atoms with Gasteiger partial charge in [-0.2, -0.15) is 18.3 Å². The van der Waals surface area contributed by atoms with Crippen molar-refractivity contribution in [1.82, 2.24) is 25.4 Å². The Morgan fingerprint density at radius 1 is 1.18 bits per heavy atom. The Bertz CT molecular complexity index is 1150. The number of alkyl halides is 3. The second-order valence-electron chi connectivity index (χ2n) is 8.37. The van der Waals surface area contributed by atoms with Gasteiger partial charge in [-0.05, 0) is 52.0 Å². The summed E-state index contributed by atoms with van der Waals surface area (Å²) in [4.78, 5) is 28.5. The zero-order valence-electron chi connectivity index (χ0n) is 18.9. The standard InChI is InChI=1S/C22H24F3N5O4/c1-13(27-20(32)34-21(2,3)4)19(31)26-12-14-7-5-9-18(28-14)30-15(16-8-6-10-33-16)11-17(29-30)22(23,24)25/h5-11,13H,12H2,1-4H3,(H,26,31)(H,27,32)/t13-/m0/s1. The van der Waals surface area contributed by atoms with Crippen molar-refractivity contribution in [2.45, 2.75) is 52.1 Å². The summed E-state index contributed by atoms with van der Waals surface area (Å²) >= 11 is 0. The maximum absolute atomic E-state index is 13.3. The number of halogens is 3. The van der Waals surface area contributed by atoms with E-state index in [1.54, 1.807) is 39.0 Å². The third-order valence-corrected chi connectivity index (χ3v) is 4.35. The highest BCUT2D eigenvalue weighted by Gasteiger charge is 2.36. The number of carbonyl (C=O) groups excluding carboxylic acids is 2. The first-order valence-corrected chi connectivity index (χ1v) is 10.3. The molecule has 1 atom stereocenters. The lowest BCUT2D eigenvalue weighted by Gasteiger charge is -2.21. The molecule has 0 bridgehead atoms. The van der Waals surface area contributed by atoms with Gasteiger partial charge in [-0.3, -0.25) is 4.79 Å². The van der Waals surface area contributed by atoms with Crippen molar-refractivity contribution in [3.8, 4) is 17.3 Å². The number of ether oxygens (including phenoxy) is 1. The van der Waals surface area contributed by atoms with Gasteiger partial charge in [-0.1, -0.05) is 6.07 Å². The van der Waals surface area contributed by atoms with E-state index in [0.29, 0.717) is 5.69 Å². The molecule has 34 heavy (non-hydrogen) atoms. The Hall–Kier alpha value is -3.83. The zero-order chi connectivity index (χ0) is 25.1. The molecular formula is C22H24F3N5O4. The van der Waals surface area contributed by atoms with Crippen molar-refractivity contribution >= 4 is 12.0 Å². The molecule has 182 valence electrons. The van der Waals surface area contributed by atoms with Gasteiger partial charge >= 0.3 is 12.3 Å². The molecule has 3 aromatic rings. The minimum absolute atomic E-state index is 0.0313. The largest absolute Gasteiger partial charge is 0.463 e. The van der Waals surface area contributed by atoms with Crippen molar-refractivity contribution in [1.29, 1.82) is 0 Å². The normalized spacial score (nSPS) is 12.8. The fraction of sp³-hybridized carbons (Fsp3) is 0.364. The van der Waals surface area contributed by atoms with E-state index >= 15 is 0 Å². The van der Waals surface area contributed by atoms with Crippen LogP contribution in [0, 0.1) is 0 Å². The third-order valence-electron chi connectivity index (χ3n) is 4.35. The smallest absolute Gasteiger partial charge is 0.435 e. The Labute approximate surface area is 193 Å². The second kappa shape index (κ2) is 9.57. The number of hydrogen-bond acceptors (Lipinski definition) is 6. The van der Waals surface area contributed by atoms with Crippen LogP contribution < -0.4 is 10.6 Å². The zero-order valence-corrected chi connectivity index (χ0v) is 18.9. The summed E-state index contributed by atoms with van der Waals surface area (Å²) in [5, 5.41) is 8.70. The van der Waals surface area contributed by atoms with Gasteiger partial charge in [0.2, 0.25) is 5.91 Å². The van der Waals surface area contributed by atoms with Gasteiger partial charge < -0.3 is 19.8 Å². The number of furan rings is 1. The number of amides is 2. The van der Waals surface area contributed by atoms with Crippen LogP contribution in [0.2, 0.25) is 0 Å². The molecule has 0 fully saturated rings. The van der Waals surface area contributed by atoms with Gasteiger partial charge in [0.1, 0.15) is 17.3 Å². The first kappa shape index (κ1) is 24.8. The van der Waals surface area contributed by atoms with E-state index in [9.17, 15) is 22.8 Å². The molecule has 3 rings (SSSR count). The number of nitrogens with one attached hydrogen (secondary N) is 2. The maximum atomic E-state index is 13.3. The van der Waals surface area contributed by atoms with Crippen LogP contribution in [-0.2, 0) is 22.3 Å². The first-order chi connectivity index (χ1) is 15.8. The highest BCUT2D eigenvalue weighted by Crippen LogP contribution is 2.33. The number of alkyl carbamates (subject to hydrolysis) is 1. The van der Waals surface area contributed by atoms with E-state index in [1.165, 1.54) is 25.3 Å². The fourth-order valence-corrected chi connectivity index (χ4v) is 2.86. The molecule has 0 aromatic carbocycles. The summed E-state index contributed by atoms with van der Waals surface area (Å²) in [6.45, 7) is 6.55. The molecule has 0 aliphatic heterocycles. The van der Waals surface area contributed by atoms with Crippen molar-refractivity contribution < 1.29 is 31.9 Å². The lowest BCUT2D eigenvalue weighted by molar-refractivity contribution is -0.141. The van der Waals surface area contributed by atoms with Gasteiger partial charge in [0, 0.05) is 6.07 Å². The van der Waals surface area contributed by atoms with Crippen LogP contribution in [0.1, 0.15) is 39.1 Å². The molecule has 0 spiro atoms. The SMILES string of the molecule is C[C@H](NC(=O)OC(C)(C)C)C(=O)NCc1cccc(-n2nc(C(F)(F)F)cc2-c2ccco2)n1. The van der Waals surface area contributed by atoms with Crippen LogP contribution in [0.15, 0.2) is 47.1 Å². The van der Waals surface area contributed by atoms with E-state index in [4.69, 9.17) is 9.15 Å². The third kappa shape index (κ3) is 6.36. The molecule has 0 radical (unpaired) electrons. The minimum Gasteiger partial charge on any atom is -0.463 e. The van der Waals surface area contributed by atoms with E-state index < -0.39 is 35.5 Å². The quantitative estimate of drug-likeness (QED) is 0.551.